The van der Waals surface area contributed by atoms with Crippen molar-refractivity contribution < 1.29 is 18.8 Å². The molecular weight excluding hydrogens is 332 g/mol. The Kier molecular flexibility index (Phi) is 4.57. The van der Waals surface area contributed by atoms with Crippen LogP contribution >= 0.6 is 0 Å². The van der Waals surface area contributed by atoms with Crippen molar-refractivity contribution in [3.05, 3.63) is 30.0 Å². The van der Waals surface area contributed by atoms with Crippen molar-refractivity contribution in [2.45, 2.75) is 26.7 Å². The maximum Gasteiger partial charge on any atom is 0.228 e. The first kappa shape index (κ1) is 16.9. The number of aromatic nitrogens is 1. The van der Waals surface area contributed by atoms with E-state index in [-0.39, 0.29) is 12.3 Å². The number of carbonyl (C=O) groups is 1. The summed E-state index contributed by atoms with van der Waals surface area (Å²) in [7, 11) is 0. The minimum Gasteiger partial charge on any atom is -0.486 e. The first-order chi connectivity index (χ1) is 12.6. The highest BCUT2D eigenvalue weighted by Gasteiger charge is 2.26. The summed E-state index contributed by atoms with van der Waals surface area (Å²) in [6.07, 6.45) is 1.45. The highest BCUT2D eigenvalue weighted by atomic mass is 16.6. The van der Waals surface area contributed by atoms with Gasteiger partial charge in [-0.05, 0) is 36.5 Å². The second-order valence-corrected chi connectivity index (χ2v) is 7.46. The Hall–Kier alpha value is -2.50. The zero-order chi connectivity index (χ0) is 18.1. The van der Waals surface area contributed by atoms with E-state index in [0.29, 0.717) is 42.3 Å². The van der Waals surface area contributed by atoms with Crippen molar-refractivity contribution in [3.8, 4) is 22.8 Å². The van der Waals surface area contributed by atoms with E-state index in [1.807, 2.05) is 29.2 Å². The fourth-order valence-corrected chi connectivity index (χ4v) is 3.86. The van der Waals surface area contributed by atoms with Gasteiger partial charge in [0.05, 0.1) is 12.1 Å². The molecule has 6 heteroatoms. The summed E-state index contributed by atoms with van der Waals surface area (Å²) in [6.45, 7) is 7.16. The second kappa shape index (κ2) is 7.02. The number of ether oxygens (including phenoxy) is 2. The van der Waals surface area contributed by atoms with E-state index in [4.69, 9.17) is 14.0 Å². The van der Waals surface area contributed by atoms with Crippen LogP contribution in [0.4, 0.5) is 0 Å². The molecule has 0 radical (unpaired) electrons. The molecule has 0 spiro atoms. The standard InChI is InChI=1S/C20H24N2O4/c1-13-7-14(2)12-22(11-13)20(23)10-16-9-18(26-21-16)15-3-4-17-19(8-15)25-6-5-24-17/h3-4,8-9,13-14H,5-7,10-12H2,1-2H3. The van der Waals surface area contributed by atoms with Crippen molar-refractivity contribution in [3.63, 3.8) is 0 Å². The van der Waals surface area contributed by atoms with Crippen LogP contribution < -0.4 is 9.47 Å². The molecule has 0 bridgehead atoms. The molecule has 1 amide bonds. The third kappa shape index (κ3) is 3.54. The van der Waals surface area contributed by atoms with Crippen molar-refractivity contribution in [1.82, 2.24) is 10.1 Å². The molecule has 6 nitrogen and oxygen atoms in total. The van der Waals surface area contributed by atoms with Crippen LogP contribution in [0, 0.1) is 11.8 Å². The molecule has 3 heterocycles. The zero-order valence-electron chi connectivity index (χ0n) is 15.2. The van der Waals surface area contributed by atoms with E-state index in [1.54, 1.807) is 0 Å². The molecule has 26 heavy (non-hydrogen) atoms. The first-order valence-corrected chi connectivity index (χ1v) is 9.22. The molecule has 1 aromatic carbocycles. The Bertz CT molecular complexity index is 791. The Balaban J connectivity index is 1.45. The Morgan fingerprint density at radius 1 is 1.12 bits per heavy atom. The summed E-state index contributed by atoms with van der Waals surface area (Å²) in [5, 5.41) is 4.08. The van der Waals surface area contributed by atoms with E-state index in [1.165, 1.54) is 6.42 Å². The van der Waals surface area contributed by atoms with Gasteiger partial charge in [0.15, 0.2) is 17.3 Å². The molecule has 2 aliphatic heterocycles. The fraction of sp³-hybridized carbons (Fsp3) is 0.500. The number of likely N-dealkylation sites (tertiary alicyclic amines) is 1. The van der Waals surface area contributed by atoms with Gasteiger partial charge < -0.3 is 18.9 Å². The third-order valence-electron chi connectivity index (χ3n) is 4.94. The molecule has 2 unspecified atom stereocenters. The van der Waals surface area contributed by atoms with Gasteiger partial charge in [0.2, 0.25) is 5.91 Å². The van der Waals surface area contributed by atoms with E-state index < -0.39 is 0 Å². The average molecular weight is 356 g/mol. The van der Waals surface area contributed by atoms with Gasteiger partial charge in [-0.3, -0.25) is 4.79 Å². The lowest BCUT2D eigenvalue weighted by Gasteiger charge is -2.34. The van der Waals surface area contributed by atoms with Crippen LogP contribution in [-0.4, -0.2) is 42.3 Å². The van der Waals surface area contributed by atoms with Gasteiger partial charge >= 0.3 is 0 Å². The highest BCUT2D eigenvalue weighted by molar-refractivity contribution is 5.79. The van der Waals surface area contributed by atoms with Gasteiger partial charge in [-0.1, -0.05) is 19.0 Å². The second-order valence-electron chi connectivity index (χ2n) is 7.46. The summed E-state index contributed by atoms with van der Waals surface area (Å²) in [5.41, 5.74) is 1.52. The molecule has 1 aromatic heterocycles. The van der Waals surface area contributed by atoms with Crippen LogP contribution in [0.2, 0.25) is 0 Å². The molecule has 2 atom stereocenters. The van der Waals surface area contributed by atoms with Crippen molar-refractivity contribution in [2.75, 3.05) is 26.3 Å². The summed E-state index contributed by atoms with van der Waals surface area (Å²) < 4.78 is 16.6. The van der Waals surface area contributed by atoms with Crippen molar-refractivity contribution >= 4 is 5.91 Å². The number of rotatable bonds is 3. The van der Waals surface area contributed by atoms with Crippen LogP contribution in [0.3, 0.4) is 0 Å². The van der Waals surface area contributed by atoms with E-state index in [2.05, 4.69) is 19.0 Å². The molecule has 138 valence electrons. The van der Waals surface area contributed by atoms with Gasteiger partial charge in [0, 0.05) is 24.7 Å². The smallest absolute Gasteiger partial charge is 0.228 e. The van der Waals surface area contributed by atoms with Crippen molar-refractivity contribution in [2.24, 2.45) is 11.8 Å². The van der Waals surface area contributed by atoms with Gasteiger partial charge in [-0.2, -0.15) is 0 Å². The molecule has 1 saturated heterocycles. The molecule has 0 N–H and O–H groups in total. The van der Waals surface area contributed by atoms with E-state index in [0.717, 1.165) is 24.4 Å². The van der Waals surface area contributed by atoms with Crippen LogP contribution in [-0.2, 0) is 11.2 Å². The zero-order valence-corrected chi connectivity index (χ0v) is 15.2. The van der Waals surface area contributed by atoms with E-state index in [9.17, 15) is 4.79 Å². The molecule has 0 aliphatic carbocycles. The number of nitrogens with zero attached hydrogens (tertiary/aromatic N) is 2. The normalized spacial score (nSPS) is 22.3. The first-order valence-electron chi connectivity index (χ1n) is 9.22. The topological polar surface area (TPSA) is 64.8 Å². The number of carbonyl (C=O) groups excluding carboxylic acids is 1. The number of hydrogen-bond donors (Lipinski definition) is 0. The summed E-state index contributed by atoms with van der Waals surface area (Å²) in [5.74, 6) is 3.29. The number of amides is 1. The maximum absolute atomic E-state index is 12.6. The molecule has 0 saturated carbocycles. The molecule has 2 aromatic rings. The largest absolute Gasteiger partial charge is 0.486 e. The summed E-state index contributed by atoms with van der Waals surface area (Å²) in [4.78, 5) is 14.6. The highest BCUT2D eigenvalue weighted by Crippen LogP contribution is 2.34. The molecule has 1 fully saturated rings. The van der Waals surface area contributed by atoms with Crippen LogP contribution in [0.15, 0.2) is 28.8 Å². The lowest BCUT2D eigenvalue weighted by Crippen LogP contribution is -2.43. The number of hydrogen-bond acceptors (Lipinski definition) is 5. The van der Waals surface area contributed by atoms with Crippen LogP contribution in [0.5, 0.6) is 11.5 Å². The predicted octanol–water partition coefficient (Wildman–Crippen LogP) is 3.16. The van der Waals surface area contributed by atoms with E-state index >= 15 is 0 Å². The Morgan fingerprint density at radius 3 is 2.62 bits per heavy atom. The molecule has 2 aliphatic rings. The monoisotopic (exact) mass is 356 g/mol. The lowest BCUT2D eigenvalue weighted by atomic mass is 9.91. The molecular formula is C20H24N2O4. The summed E-state index contributed by atoms with van der Waals surface area (Å²) in [6, 6.07) is 7.50. The number of benzene rings is 1. The lowest BCUT2D eigenvalue weighted by molar-refractivity contribution is -0.133. The maximum atomic E-state index is 12.6. The van der Waals surface area contributed by atoms with Crippen LogP contribution in [0.1, 0.15) is 26.0 Å². The third-order valence-corrected chi connectivity index (χ3v) is 4.94. The number of piperidine rings is 1. The quantitative estimate of drug-likeness (QED) is 0.845. The minimum atomic E-state index is 0.116. The number of fused-ring (bicyclic) bond motifs is 1. The fourth-order valence-electron chi connectivity index (χ4n) is 3.86. The molecule has 4 rings (SSSR count). The minimum absolute atomic E-state index is 0.116. The van der Waals surface area contributed by atoms with Crippen LogP contribution in [0.25, 0.3) is 11.3 Å². The average Bonchev–Trinajstić information content (AvgIpc) is 3.09. The summed E-state index contributed by atoms with van der Waals surface area (Å²) >= 11 is 0. The van der Waals surface area contributed by atoms with Crippen molar-refractivity contribution in [1.29, 1.82) is 0 Å². The Morgan fingerprint density at radius 2 is 1.85 bits per heavy atom. The SMILES string of the molecule is CC1CC(C)CN(C(=O)Cc2cc(-c3ccc4c(c3)OCCO4)on2)C1. The van der Waals surface area contributed by atoms with Gasteiger partial charge in [-0.15, -0.1) is 0 Å². The van der Waals surface area contributed by atoms with Gasteiger partial charge in [0.1, 0.15) is 13.2 Å². The Labute approximate surface area is 153 Å². The van der Waals surface area contributed by atoms with Gasteiger partial charge in [-0.25, -0.2) is 0 Å². The predicted molar refractivity (Wildman–Crippen MR) is 96.2 cm³/mol. The van der Waals surface area contributed by atoms with Gasteiger partial charge in [0.25, 0.3) is 0 Å².